The Morgan fingerprint density at radius 2 is 1.34 bits per heavy atom. The molecule has 0 atom stereocenters. The summed E-state index contributed by atoms with van der Waals surface area (Å²) in [6.07, 6.45) is 8.92. The summed E-state index contributed by atoms with van der Waals surface area (Å²) in [5.74, 6) is 2.64. The summed E-state index contributed by atoms with van der Waals surface area (Å²) in [7, 11) is 1.75. The average molecular weight is 851 g/mol. The number of methoxy groups -OCH3 is 1. The molecule has 4 aromatic carbocycles. The van der Waals surface area contributed by atoms with Gasteiger partial charge in [0.05, 0.1) is 12.9 Å². The molecule has 0 saturated heterocycles. The van der Waals surface area contributed by atoms with Gasteiger partial charge in [-0.25, -0.2) is 0 Å². The maximum Gasteiger partial charge on any atom is 0.162 e. The summed E-state index contributed by atoms with van der Waals surface area (Å²) in [5.41, 5.74) is 4.73. The molecule has 50 heavy (non-hydrogen) atoms. The van der Waals surface area contributed by atoms with E-state index in [4.69, 9.17) is 9.72 Å². The standard InChI is InChI=1S/C32H32NO.C13H24O2.Ir/c1-20(2)14-22-16-23(15-21(3)4)18-24(17-22)32-29-11-10-26-25-8-6-7-9-28(25)31(34-5)19-30(26)27(29)12-13-33-32;1-5-10(6-2)12(14)9-13(15)11(7-3)8-4;/h6-13,16-17,19-21H,14-15H2,1-5H3;9-11,14H,5-8H2,1-4H3;/q-1;;/b;12-9-;. The van der Waals surface area contributed by atoms with Gasteiger partial charge in [0, 0.05) is 49.6 Å². The predicted octanol–water partition coefficient (Wildman–Crippen LogP) is 12.3. The van der Waals surface area contributed by atoms with Crippen molar-refractivity contribution in [2.45, 2.75) is 93.9 Å². The summed E-state index contributed by atoms with van der Waals surface area (Å²) in [5, 5.41) is 16.9. The van der Waals surface area contributed by atoms with Gasteiger partial charge in [-0.15, -0.1) is 34.9 Å². The van der Waals surface area contributed by atoms with Gasteiger partial charge in [0.1, 0.15) is 5.75 Å². The Hall–Kier alpha value is -3.53. The first-order valence-corrected chi connectivity index (χ1v) is 18.3. The predicted molar refractivity (Wildman–Crippen MR) is 209 cm³/mol. The molecule has 0 saturated carbocycles. The Morgan fingerprint density at radius 1 is 0.760 bits per heavy atom. The van der Waals surface area contributed by atoms with Crippen molar-refractivity contribution in [2.24, 2.45) is 23.7 Å². The molecule has 5 rings (SSSR count). The van der Waals surface area contributed by atoms with Crippen molar-refractivity contribution < 1.29 is 34.7 Å². The van der Waals surface area contributed by atoms with E-state index < -0.39 is 0 Å². The number of aliphatic hydroxyl groups excluding tert-OH is 1. The first-order chi connectivity index (χ1) is 23.5. The second kappa shape index (κ2) is 19.2. The third-order valence-electron chi connectivity index (χ3n) is 9.56. The molecule has 0 aliphatic carbocycles. The number of hydrogen-bond donors (Lipinski definition) is 1. The molecule has 1 radical (unpaired) electrons. The van der Waals surface area contributed by atoms with E-state index in [1.807, 2.05) is 33.9 Å². The van der Waals surface area contributed by atoms with Gasteiger partial charge < -0.3 is 14.8 Å². The summed E-state index contributed by atoms with van der Waals surface area (Å²) in [6.45, 7) is 17.2. The van der Waals surface area contributed by atoms with Gasteiger partial charge in [0.2, 0.25) is 0 Å². The number of ether oxygens (including phenoxy) is 1. The van der Waals surface area contributed by atoms with Crippen LogP contribution >= 0.6 is 0 Å². The van der Waals surface area contributed by atoms with Crippen LogP contribution in [0.2, 0.25) is 0 Å². The van der Waals surface area contributed by atoms with Gasteiger partial charge in [-0.2, -0.15) is 0 Å². The van der Waals surface area contributed by atoms with E-state index in [-0.39, 0.29) is 43.5 Å². The van der Waals surface area contributed by atoms with Crippen molar-refractivity contribution in [3.63, 3.8) is 0 Å². The average Bonchev–Trinajstić information content (AvgIpc) is 3.08. The van der Waals surface area contributed by atoms with E-state index in [1.54, 1.807) is 7.11 Å². The van der Waals surface area contributed by atoms with Gasteiger partial charge in [0.15, 0.2) is 5.78 Å². The Morgan fingerprint density at radius 3 is 1.94 bits per heavy atom. The molecule has 5 aromatic rings. The molecule has 0 fully saturated rings. The van der Waals surface area contributed by atoms with E-state index in [9.17, 15) is 9.90 Å². The zero-order valence-electron chi connectivity index (χ0n) is 31.5. The van der Waals surface area contributed by atoms with Crippen molar-refractivity contribution in [1.29, 1.82) is 0 Å². The number of allylic oxidation sites excluding steroid dienone is 2. The van der Waals surface area contributed by atoms with Crippen LogP contribution in [0.4, 0.5) is 0 Å². The van der Waals surface area contributed by atoms with E-state index >= 15 is 0 Å². The topological polar surface area (TPSA) is 59.4 Å². The molecule has 5 heteroatoms. The monoisotopic (exact) mass is 851 g/mol. The SMILES string of the molecule is CCC(CC)C(=O)/C=C(\O)C(CC)CC.COc1cc2c3ccnc(-c4[c-]c(CC(C)C)cc(CC(C)C)c4)c3ccc2c2ccccc12.[Ir]. The third kappa shape index (κ3) is 9.83. The van der Waals surface area contributed by atoms with Crippen molar-refractivity contribution in [3.8, 4) is 17.0 Å². The molecule has 0 aliphatic rings. The quantitative estimate of drug-likeness (QED) is 0.0555. The molecule has 0 aliphatic heterocycles. The first kappa shape index (κ1) is 40.9. The minimum absolute atomic E-state index is 0. The molecular weight excluding hydrogens is 795 g/mol. The van der Waals surface area contributed by atoms with E-state index in [1.165, 1.54) is 38.7 Å². The molecule has 0 spiro atoms. The summed E-state index contributed by atoms with van der Waals surface area (Å²) in [6, 6.07) is 25.6. The van der Waals surface area contributed by atoms with Crippen LogP contribution in [0.25, 0.3) is 43.6 Å². The number of carbonyl (C=O) groups excluding carboxylic acids is 1. The van der Waals surface area contributed by atoms with Crippen molar-refractivity contribution >= 4 is 38.1 Å². The molecule has 1 N–H and O–H groups in total. The smallest absolute Gasteiger partial charge is 0.162 e. The summed E-state index contributed by atoms with van der Waals surface area (Å²) in [4.78, 5) is 16.6. The van der Waals surface area contributed by atoms with Gasteiger partial charge in [-0.05, 0) is 95.1 Å². The third-order valence-corrected chi connectivity index (χ3v) is 9.56. The molecule has 0 bridgehead atoms. The van der Waals surface area contributed by atoms with Crippen LogP contribution in [0, 0.1) is 29.7 Å². The van der Waals surface area contributed by atoms with Crippen LogP contribution in [0.15, 0.2) is 78.7 Å². The van der Waals surface area contributed by atoms with Crippen molar-refractivity contribution in [3.05, 3.63) is 95.9 Å². The van der Waals surface area contributed by atoms with Crippen LogP contribution in [-0.2, 0) is 37.7 Å². The number of nitrogens with zero attached hydrogens (tertiary/aromatic N) is 1. The van der Waals surface area contributed by atoms with Crippen LogP contribution in [0.1, 0.15) is 92.2 Å². The number of hydrogen-bond acceptors (Lipinski definition) is 4. The molecule has 0 amide bonds. The van der Waals surface area contributed by atoms with Crippen molar-refractivity contribution in [1.82, 2.24) is 4.98 Å². The van der Waals surface area contributed by atoms with Gasteiger partial charge in [-0.1, -0.05) is 91.8 Å². The maximum absolute atomic E-state index is 11.7. The first-order valence-electron chi connectivity index (χ1n) is 18.3. The van der Waals surface area contributed by atoms with Crippen molar-refractivity contribution in [2.75, 3.05) is 7.11 Å². The Labute approximate surface area is 314 Å². The van der Waals surface area contributed by atoms with Crippen LogP contribution in [0.3, 0.4) is 0 Å². The van der Waals surface area contributed by atoms with Crippen LogP contribution in [-0.4, -0.2) is 23.0 Å². The number of pyridine rings is 1. The van der Waals surface area contributed by atoms with Gasteiger partial charge in [-0.3, -0.25) is 4.79 Å². The Balaban J connectivity index is 0.000000361. The van der Waals surface area contributed by atoms with Crippen LogP contribution < -0.4 is 4.74 Å². The molecule has 1 aromatic heterocycles. The Bertz CT molecular complexity index is 1870. The normalized spacial score (nSPS) is 11.8. The zero-order chi connectivity index (χ0) is 35.7. The molecule has 4 nitrogen and oxygen atoms in total. The van der Waals surface area contributed by atoms with Gasteiger partial charge >= 0.3 is 0 Å². The fourth-order valence-electron chi connectivity index (χ4n) is 6.94. The second-order valence-corrected chi connectivity index (χ2v) is 14.2. The van der Waals surface area contributed by atoms with Crippen LogP contribution in [0.5, 0.6) is 5.75 Å². The number of ketones is 1. The largest absolute Gasteiger partial charge is 0.512 e. The number of rotatable bonds is 13. The number of aliphatic hydroxyl groups is 1. The molecule has 269 valence electrons. The van der Waals surface area contributed by atoms with E-state index in [0.29, 0.717) is 11.8 Å². The van der Waals surface area contributed by atoms with E-state index in [2.05, 4.69) is 94.4 Å². The Kier molecular flexibility index (Phi) is 15.7. The fraction of sp³-hybridized carbons (Fsp3) is 0.422. The van der Waals surface area contributed by atoms with E-state index in [0.717, 1.165) is 66.3 Å². The minimum atomic E-state index is 0. The zero-order valence-corrected chi connectivity index (χ0v) is 33.9. The number of fused-ring (bicyclic) bond motifs is 5. The number of benzene rings is 4. The molecule has 0 unspecified atom stereocenters. The molecule has 1 heterocycles. The maximum atomic E-state index is 11.7. The molecular formula is C45H56IrNO3-. The number of aromatic nitrogens is 1. The fourth-order valence-corrected chi connectivity index (χ4v) is 6.94. The summed E-state index contributed by atoms with van der Waals surface area (Å²) >= 11 is 0. The number of carbonyl (C=O) groups is 1. The van der Waals surface area contributed by atoms with Gasteiger partial charge in [0.25, 0.3) is 0 Å². The second-order valence-electron chi connectivity index (χ2n) is 14.2. The minimum Gasteiger partial charge on any atom is -0.512 e. The summed E-state index contributed by atoms with van der Waals surface area (Å²) < 4.78 is 5.78.